The fraction of sp³-hybridized carbons (Fsp3) is 0.353. The molecule has 0 bridgehead atoms. The largest absolute Gasteiger partial charge is 0.383 e. The number of benzene rings is 1. The molecule has 1 aromatic carbocycles. The van der Waals surface area contributed by atoms with Crippen LogP contribution < -0.4 is 5.32 Å². The van der Waals surface area contributed by atoms with Gasteiger partial charge in [0.05, 0.1) is 13.0 Å². The van der Waals surface area contributed by atoms with Crippen molar-refractivity contribution in [1.82, 2.24) is 5.32 Å². The number of hydrogen-bond donors (Lipinski definition) is 2. The molecule has 0 fully saturated rings. The molecule has 0 radical (unpaired) electrons. The minimum atomic E-state index is -0.941. The van der Waals surface area contributed by atoms with Gasteiger partial charge in [-0.1, -0.05) is 29.8 Å². The zero-order valence-electron chi connectivity index (χ0n) is 12.1. The van der Waals surface area contributed by atoms with Gasteiger partial charge in [0.25, 0.3) is 0 Å². The normalized spacial score (nSPS) is 20.5. The molecule has 1 heterocycles. The molecule has 1 unspecified atom stereocenters. The van der Waals surface area contributed by atoms with Crippen LogP contribution in [0.15, 0.2) is 35.7 Å². The third-order valence-electron chi connectivity index (χ3n) is 4.13. The zero-order chi connectivity index (χ0) is 15.6. The lowest BCUT2D eigenvalue weighted by molar-refractivity contribution is -0.122. The van der Waals surface area contributed by atoms with Gasteiger partial charge in [0.15, 0.2) is 0 Å². The standard InChI is InChI=1S/C17H18ClNO2S/c18-14-5-2-1-4-12(14)10-16(20)19-11-17(21)8-3-6-15-13(17)7-9-22-15/h1-2,4-5,7,9,21H,3,6,8,10-11H2,(H,19,20). The van der Waals surface area contributed by atoms with Gasteiger partial charge in [0.2, 0.25) is 5.91 Å². The topological polar surface area (TPSA) is 49.3 Å². The Morgan fingerprint density at radius 1 is 1.36 bits per heavy atom. The molecule has 2 aromatic rings. The highest BCUT2D eigenvalue weighted by atomic mass is 35.5. The summed E-state index contributed by atoms with van der Waals surface area (Å²) in [5.74, 6) is -0.121. The van der Waals surface area contributed by atoms with Gasteiger partial charge in [0, 0.05) is 9.90 Å². The summed E-state index contributed by atoms with van der Waals surface area (Å²) in [6.07, 6.45) is 2.88. The van der Waals surface area contributed by atoms with E-state index in [2.05, 4.69) is 5.32 Å². The number of carbonyl (C=O) groups is 1. The fourth-order valence-electron chi connectivity index (χ4n) is 2.93. The SMILES string of the molecule is O=C(Cc1ccccc1Cl)NCC1(O)CCCc2sccc21. The first-order valence-electron chi connectivity index (χ1n) is 7.38. The summed E-state index contributed by atoms with van der Waals surface area (Å²) in [5.41, 5.74) is 0.833. The molecular formula is C17H18ClNO2S. The molecule has 1 atom stereocenters. The molecule has 3 rings (SSSR count). The molecule has 22 heavy (non-hydrogen) atoms. The third kappa shape index (κ3) is 3.19. The van der Waals surface area contributed by atoms with Crippen molar-refractivity contribution in [3.63, 3.8) is 0 Å². The molecule has 3 nitrogen and oxygen atoms in total. The average molecular weight is 336 g/mol. The highest BCUT2D eigenvalue weighted by molar-refractivity contribution is 7.10. The summed E-state index contributed by atoms with van der Waals surface area (Å²) in [6, 6.07) is 9.29. The van der Waals surface area contributed by atoms with E-state index in [1.165, 1.54) is 4.88 Å². The number of aryl methyl sites for hydroxylation is 1. The van der Waals surface area contributed by atoms with Crippen molar-refractivity contribution in [3.8, 4) is 0 Å². The van der Waals surface area contributed by atoms with Crippen LogP contribution in [-0.4, -0.2) is 17.6 Å². The average Bonchev–Trinajstić information content (AvgIpc) is 2.98. The van der Waals surface area contributed by atoms with Gasteiger partial charge >= 0.3 is 0 Å². The van der Waals surface area contributed by atoms with E-state index in [1.807, 2.05) is 29.6 Å². The summed E-state index contributed by atoms with van der Waals surface area (Å²) < 4.78 is 0. The lowest BCUT2D eigenvalue weighted by Crippen LogP contribution is -2.43. The van der Waals surface area contributed by atoms with Gasteiger partial charge in [-0.05, 0) is 47.9 Å². The second-order valence-corrected chi connectivity index (χ2v) is 7.10. The Labute approximate surface area is 138 Å². The fourth-order valence-corrected chi connectivity index (χ4v) is 4.15. The number of hydrogen-bond acceptors (Lipinski definition) is 3. The van der Waals surface area contributed by atoms with Crippen LogP contribution in [0.4, 0.5) is 0 Å². The van der Waals surface area contributed by atoms with Crippen LogP contribution in [0, 0.1) is 0 Å². The number of halogens is 1. The second kappa shape index (κ2) is 6.41. The zero-order valence-corrected chi connectivity index (χ0v) is 13.7. The monoisotopic (exact) mass is 335 g/mol. The number of thiophene rings is 1. The number of fused-ring (bicyclic) bond motifs is 1. The Hall–Kier alpha value is -1.36. The van der Waals surface area contributed by atoms with Crippen molar-refractivity contribution in [3.05, 3.63) is 56.7 Å². The highest BCUT2D eigenvalue weighted by Crippen LogP contribution is 2.37. The smallest absolute Gasteiger partial charge is 0.224 e. The van der Waals surface area contributed by atoms with Crippen LogP contribution in [-0.2, 0) is 23.2 Å². The van der Waals surface area contributed by atoms with Gasteiger partial charge in [-0.15, -0.1) is 11.3 Å². The van der Waals surface area contributed by atoms with Crippen LogP contribution in [0.25, 0.3) is 0 Å². The van der Waals surface area contributed by atoms with Crippen LogP contribution in [0.5, 0.6) is 0 Å². The van der Waals surface area contributed by atoms with Crippen LogP contribution in [0.2, 0.25) is 5.02 Å². The number of amides is 1. The number of nitrogens with one attached hydrogen (secondary N) is 1. The van der Waals surface area contributed by atoms with E-state index < -0.39 is 5.60 Å². The summed E-state index contributed by atoms with van der Waals surface area (Å²) in [4.78, 5) is 13.4. The maximum atomic E-state index is 12.1. The van der Waals surface area contributed by atoms with Crippen LogP contribution in [0.3, 0.4) is 0 Å². The van der Waals surface area contributed by atoms with E-state index in [0.29, 0.717) is 11.4 Å². The molecule has 5 heteroatoms. The predicted molar refractivity (Wildman–Crippen MR) is 89.3 cm³/mol. The van der Waals surface area contributed by atoms with E-state index in [1.54, 1.807) is 17.4 Å². The first-order valence-corrected chi connectivity index (χ1v) is 8.63. The number of aliphatic hydroxyl groups is 1. The Kier molecular flexibility index (Phi) is 4.52. The Morgan fingerprint density at radius 3 is 3.00 bits per heavy atom. The van der Waals surface area contributed by atoms with Crippen molar-refractivity contribution >= 4 is 28.8 Å². The molecule has 0 saturated carbocycles. The van der Waals surface area contributed by atoms with Crippen molar-refractivity contribution in [2.24, 2.45) is 0 Å². The number of carbonyl (C=O) groups excluding carboxylic acids is 1. The third-order valence-corrected chi connectivity index (χ3v) is 5.48. The maximum absolute atomic E-state index is 12.1. The summed E-state index contributed by atoms with van der Waals surface area (Å²) in [7, 11) is 0. The Bertz CT molecular complexity index is 685. The molecule has 1 aliphatic rings. The molecule has 1 amide bonds. The Balaban J connectivity index is 1.64. The quantitative estimate of drug-likeness (QED) is 0.900. The van der Waals surface area contributed by atoms with E-state index >= 15 is 0 Å². The van der Waals surface area contributed by atoms with Crippen molar-refractivity contribution in [2.75, 3.05) is 6.54 Å². The molecular weight excluding hydrogens is 318 g/mol. The predicted octanol–water partition coefficient (Wildman–Crippen LogP) is 3.28. The van der Waals surface area contributed by atoms with Crippen molar-refractivity contribution < 1.29 is 9.90 Å². The van der Waals surface area contributed by atoms with Gasteiger partial charge in [0.1, 0.15) is 5.60 Å². The maximum Gasteiger partial charge on any atom is 0.224 e. The highest BCUT2D eigenvalue weighted by Gasteiger charge is 2.35. The minimum Gasteiger partial charge on any atom is -0.383 e. The van der Waals surface area contributed by atoms with Gasteiger partial charge < -0.3 is 10.4 Å². The first-order chi connectivity index (χ1) is 10.6. The second-order valence-electron chi connectivity index (χ2n) is 5.69. The lowest BCUT2D eigenvalue weighted by Gasteiger charge is -2.32. The molecule has 1 aromatic heterocycles. The van der Waals surface area contributed by atoms with Gasteiger partial charge in [-0.3, -0.25) is 4.79 Å². The minimum absolute atomic E-state index is 0.121. The van der Waals surface area contributed by atoms with Gasteiger partial charge in [-0.2, -0.15) is 0 Å². The van der Waals surface area contributed by atoms with Crippen LogP contribution >= 0.6 is 22.9 Å². The van der Waals surface area contributed by atoms with E-state index in [-0.39, 0.29) is 18.9 Å². The van der Waals surface area contributed by atoms with Crippen LogP contribution in [0.1, 0.15) is 28.8 Å². The van der Waals surface area contributed by atoms with Gasteiger partial charge in [-0.25, -0.2) is 0 Å². The Morgan fingerprint density at radius 2 is 2.18 bits per heavy atom. The molecule has 0 aliphatic heterocycles. The molecule has 0 spiro atoms. The molecule has 2 N–H and O–H groups in total. The van der Waals surface area contributed by atoms with E-state index in [4.69, 9.17) is 11.6 Å². The summed E-state index contributed by atoms with van der Waals surface area (Å²) in [5, 5.41) is 16.3. The van der Waals surface area contributed by atoms with Crippen molar-refractivity contribution in [1.29, 1.82) is 0 Å². The van der Waals surface area contributed by atoms with E-state index in [0.717, 1.165) is 24.0 Å². The lowest BCUT2D eigenvalue weighted by atomic mass is 9.83. The summed E-state index contributed by atoms with van der Waals surface area (Å²) >= 11 is 7.75. The van der Waals surface area contributed by atoms with Crippen molar-refractivity contribution in [2.45, 2.75) is 31.3 Å². The first kappa shape index (κ1) is 15.5. The molecule has 116 valence electrons. The summed E-state index contributed by atoms with van der Waals surface area (Å²) in [6.45, 7) is 0.250. The molecule has 1 aliphatic carbocycles. The number of rotatable bonds is 4. The molecule has 0 saturated heterocycles. The van der Waals surface area contributed by atoms with E-state index in [9.17, 15) is 9.90 Å².